The van der Waals surface area contributed by atoms with Crippen LogP contribution in [0.15, 0.2) is 36.4 Å². The molecule has 114 valence electrons. The van der Waals surface area contributed by atoms with Crippen LogP contribution in [0.2, 0.25) is 10.0 Å². The van der Waals surface area contributed by atoms with E-state index in [2.05, 4.69) is 0 Å². The van der Waals surface area contributed by atoms with Crippen LogP contribution in [0, 0.1) is 0 Å². The van der Waals surface area contributed by atoms with E-state index in [-0.39, 0.29) is 16.9 Å². The van der Waals surface area contributed by atoms with Gasteiger partial charge in [0.1, 0.15) is 11.5 Å². The van der Waals surface area contributed by atoms with Gasteiger partial charge in [0.15, 0.2) is 0 Å². The zero-order valence-corrected chi connectivity index (χ0v) is 13.0. The Morgan fingerprint density at radius 1 is 1.14 bits per heavy atom. The number of ether oxygens (including phenoxy) is 1. The number of carbonyl (C=O) groups is 1. The number of rotatable bonds is 4. The molecule has 0 aromatic heterocycles. The third-order valence-corrected chi connectivity index (χ3v) is 3.44. The molecule has 0 amide bonds. The Bertz CT molecular complexity index is 754. The Kier molecular flexibility index (Phi) is 4.96. The largest absolute Gasteiger partial charge is 0.507 e. The molecular weight excluding hydrogens is 327 g/mol. The van der Waals surface area contributed by atoms with Crippen LogP contribution >= 0.6 is 23.2 Å². The summed E-state index contributed by atoms with van der Waals surface area (Å²) in [5.41, 5.74) is 0.519. The second-order valence-corrected chi connectivity index (χ2v) is 5.28. The molecule has 4 nitrogen and oxygen atoms in total. The molecule has 0 aliphatic rings. The molecule has 0 aliphatic heterocycles. The monoisotopic (exact) mass is 338 g/mol. The summed E-state index contributed by atoms with van der Waals surface area (Å²) in [6.07, 6.45) is 1.32. The first-order valence-electron chi connectivity index (χ1n) is 6.20. The molecule has 0 fully saturated rings. The lowest BCUT2D eigenvalue weighted by molar-refractivity contribution is -0.130. The average molecular weight is 339 g/mol. The first-order valence-corrected chi connectivity index (χ1v) is 6.95. The van der Waals surface area contributed by atoms with Gasteiger partial charge in [0.05, 0.1) is 12.7 Å². The maximum atomic E-state index is 11.6. The number of carboxylic acids is 1. The number of methoxy groups -OCH3 is 1. The van der Waals surface area contributed by atoms with Gasteiger partial charge in [0, 0.05) is 21.2 Å². The Labute approximate surface area is 137 Å². The van der Waals surface area contributed by atoms with E-state index >= 15 is 0 Å². The van der Waals surface area contributed by atoms with Crippen molar-refractivity contribution in [1.82, 2.24) is 0 Å². The summed E-state index contributed by atoms with van der Waals surface area (Å²) in [7, 11) is 1.43. The van der Waals surface area contributed by atoms with Crippen LogP contribution in [0.5, 0.6) is 11.5 Å². The summed E-state index contributed by atoms with van der Waals surface area (Å²) in [5.74, 6) is -0.899. The topological polar surface area (TPSA) is 66.8 Å². The molecule has 0 radical (unpaired) electrons. The van der Waals surface area contributed by atoms with Gasteiger partial charge in [-0.05, 0) is 42.5 Å². The molecule has 22 heavy (non-hydrogen) atoms. The van der Waals surface area contributed by atoms with E-state index in [9.17, 15) is 15.0 Å². The van der Waals surface area contributed by atoms with Gasteiger partial charge >= 0.3 is 5.97 Å². The highest BCUT2D eigenvalue weighted by atomic mass is 35.5. The van der Waals surface area contributed by atoms with E-state index < -0.39 is 5.97 Å². The van der Waals surface area contributed by atoms with Crippen LogP contribution in [0.4, 0.5) is 0 Å². The predicted octanol–water partition coefficient (Wildman–Crippen LogP) is 4.33. The summed E-state index contributed by atoms with van der Waals surface area (Å²) >= 11 is 11.8. The number of phenolic OH excluding ortho intramolecular Hbond substituents is 1. The highest BCUT2D eigenvalue weighted by Gasteiger charge is 2.17. The minimum atomic E-state index is -1.18. The van der Waals surface area contributed by atoms with E-state index in [1.807, 2.05) is 0 Å². The van der Waals surface area contributed by atoms with Gasteiger partial charge in [-0.25, -0.2) is 4.79 Å². The van der Waals surface area contributed by atoms with Gasteiger partial charge in [-0.2, -0.15) is 0 Å². The van der Waals surface area contributed by atoms with E-state index in [1.165, 1.54) is 37.5 Å². The fourth-order valence-electron chi connectivity index (χ4n) is 1.94. The molecule has 2 rings (SSSR count). The van der Waals surface area contributed by atoms with Crippen molar-refractivity contribution in [2.45, 2.75) is 0 Å². The van der Waals surface area contributed by atoms with Crippen molar-refractivity contribution in [2.75, 3.05) is 7.11 Å². The molecule has 2 aromatic rings. The second kappa shape index (κ2) is 6.73. The number of aromatic hydroxyl groups is 1. The van der Waals surface area contributed by atoms with Crippen molar-refractivity contribution in [3.05, 3.63) is 57.6 Å². The normalized spacial score (nSPS) is 11.3. The van der Waals surface area contributed by atoms with Crippen LogP contribution in [0.3, 0.4) is 0 Å². The van der Waals surface area contributed by atoms with Crippen molar-refractivity contribution in [1.29, 1.82) is 0 Å². The fraction of sp³-hybridized carbons (Fsp3) is 0.0625. The smallest absolute Gasteiger partial charge is 0.336 e. The summed E-state index contributed by atoms with van der Waals surface area (Å²) in [4.78, 5) is 11.6. The third kappa shape index (κ3) is 3.53. The molecular formula is C16H12Cl2O4. The lowest BCUT2D eigenvalue weighted by atomic mass is 10.0. The molecule has 0 unspecified atom stereocenters. The van der Waals surface area contributed by atoms with Gasteiger partial charge in [-0.1, -0.05) is 23.2 Å². The first kappa shape index (κ1) is 16.2. The van der Waals surface area contributed by atoms with Gasteiger partial charge in [0.2, 0.25) is 0 Å². The number of phenols is 1. The number of benzene rings is 2. The van der Waals surface area contributed by atoms with Crippen molar-refractivity contribution in [3.8, 4) is 11.5 Å². The predicted molar refractivity (Wildman–Crippen MR) is 86.6 cm³/mol. The number of carboxylic acid groups (broad SMARTS) is 1. The lowest BCUT2D eigenvalue weighted by Gasteiger charge is -2.10. The zero-order chi connectivity index (χ0) is 16.3. The number of halogens is 2. The standard InChI is InChI=1S/C16H12Cl2O4/c1-22-15-5-3-11(18)8-12(15)13(16(20)21)7-9-6-10(17)2-4-14(9)19/h2-8,19H,1H3,(H,20,21)/b13-7-. The van der Waals surface area contributed by atoms with Crippen LogP contribution < -0.4 is 4.74 Å². The highest BCUT2D eigenvalue weighted by molar-refractivity contribution is 6.32. The Morgan fingerprint density at radius 2 is 1.77 bits per heavy atom. The van der Waals surface area contributed by atoms with Gasteiger partial charge < -0.3 is 14.9 Å². The molecule has 0 saturated heterocycles. The van der Waals surface area contributed by atoms with E-state index in [0.717, 1.165) is 0 Å². The van der Waals surface area contributed by atoms with Crippen LogP contribution in [-0.2, 0) is 4.79 Å². The molecule has 6 heteroatoms. The Morgan fingerprint density at radius 3 is 2.41 bits per heavy atom. The fourth-order valence-corrected chi connectivity index (χ4v) is 2.29. The molecule has 2 aromatic carbocycles. The highest BCUT2D eigenvalue weighted by Crippen LogP contribution is 2.32. The lowest BCUT2D eigenvalue weighted by Crippen LogP contribution is -2.02. The summed E-state index contributed by atoms with van der Waals surface area (Å²) in [6.45, 7) is 0. The summed E-state index contributed by atoms with van der Waals surface area (Å²) in [5, 5.41) is 20.1. The third-order valence-electron chi connectivity index (χ3n) is 2.97. The minimum absolute atomic E-state index is 0.0723. The van der Waals surface area contributed by atoms with E-state index in [4.69, 9.17) is 27.9 Å². The van der Waals surface area contributed by atoms with Crippen molar-refractivity contribution in [2.24, 2.45) is 0 Å². The number of aliphatic carboxylic acids is 1. The van der Waals surface area contributed by atoms with E-state index in [0.29, 0.717) is 21.4 Å². The van der Waals surface area contributed by atoms with Crippen molar-refractivity contribution in [3.63, 3.8) is 0 Å². The molecule has 0 saturated carbocycles. The van der Waals surface area contributed by atoms with Crippen molar-refractivity contribution >= 4 is 40.8 Å². The van der Waals surface area contributed by atoms with Gasteiger partial charge in [0.25, 0.3) is 0 Å². The van der Waals surface area contributed by atoms with Crippen LogP contribution in [-0.4, -0.2) is 23.3 Å². The quantitative estimate of drug-likeness (QED) is 0.643. The molecule has 0 spiro atoms. The maximum Gasteiger partial charge on any atom is 0.336 e. The van der Waals surface area contributed by atoms with Gasteiger partial charge in [-0.3, -0.25) is 0 Å². The van der Waals surface area contributed by atoms with E-state index in [1.54, 1.807) is 12.1 Å². The second-order valence-electron chi connectivity index (χ2n) is 4.41. The number of hydrogen-bond acceptors (Lipinski definition) is 3. The van der Waals surface area contributed by atoms with Crippen LogP contribution in [0.1, 0.15) is 11.1 Å². The summed E-state index contributed by atoms with van der Waals surface area (Å²) < 4.78 is 5.17. The maximum absolute atomic E-state index is 11.6. The SMILES string of the molecule is COc1ccc(Cl)cc1/C(=C/c1cc(Cl)ccc1O)C(=O)O. The van der Waals surface area contributed by atoms with Crippen LogP contribution in [0.25, 0.3) is 11.6 Å². The first-order chi connectivity index (χ1) is 10.4. The number of hydrogen-bond donors (Lipinski definition) is 2. The Balaban J connectivity index is 2.65. The van der Waals surface area contributed by atoms with Gasteiger partial charge in [-0.15, -0.1) is 0 Å². The molecule has 0 bridgehead atoms. The molecule has 2 N–H and O–H groups in total. The minimum Gasteiger partial charge on any atom is -0.507 e. The zero-order valence-electron chi connectivity index (χ0n) is 11.5. The molecule has 0 heterocycles. The average Bonchev–Trinajstić information content (AvgIpc) is 2.47. The van der Waals surface area contributed by atoms with Crippen molar-refractivity contribution < 1.29 is 19.7 Å². The molecule has 0 aliphatic carbocycles. The summed E-state index contributed by atoms with van der Waals surface area (Å²) in [6, 6.07) is 9.03. The molecule has 0 atom stereocenters. The Hall–Kier alpha value is -2.17.